The van der Waals surface area contributed by atoms with Gasteiger partial charge in [-0.25, -0.2) is 4.98 Å². The number of hydrogen-bond donors (Lipinski definition) is 2. The van der Waals surface area contributed by atoms with E-state index in [4.69, 9.17) is 9.47 Å². The van der Waals surface area contributed by atoms with Crippen LogP contribution in [0.5, 0.6) is 0 Å². The molecule has 0 radical (unpaired) electrons. The lowest BCUT2D eigenvalue weighted by atomic mass is 10.2. The van der Waals surface area contributed by atoms with Crippen molar-refractivity contribution in [3.05, 3.63) is 16.1 Å². The Morgan fingerprint density at radius 2 is 2.38 bits per heavy atom. The zero-order valence-electron chi connectivity index (χ0n) is 14.5. The average molecular weight is 468 g/mol. The lowest BCUT2D eigenvalue weighted by Crippen LogP contribution is -2.37. The Morgan fingerprint density at radius 1 is 1.50 bits per heavy atom. The lowest BCUT2D eigenvalue weighted by molar-refractivity contribution is 0.0168. The monoisotopic (exact) mass is 468 g/mol. The van der Waals surface area contributed by atoms with Crippen LogP contribution in [0.25, 0.3) is 0 Å². The molecule has 2 rings (SSSR count). The predicted octanol–water partition coefficient (Wildman–Crippen LogP) is 2.57. The van der Waals surface area contributed by atoms with Crippen molar-refractivity contribution < 1.29 is 9.47 Å². The highest BCUT2D eigenvalue weighted by Gasteiger charge is 2.14. The maximum atomic E-state index is 5.64. The average Bonchev–Trinajstić information content (AvgIpc) is 3.25. The molecule has 0 bridgehead atoms. The molecule has 0 amide bonds. The molecular weight excluding hydrogens is 439 g/mol. The van der Waals surface area contributed by atoms with E-state index in [9.17, 15) is 0 Å². The second kappa shape index (κ2) is 12.8. The molecule has 1 saturated heterocycles. The van der Waals surface area contributed by atoms with Crippen molar-refractivity contribution >= 4 is 41.3 Å². The molecule has 138 valence electrons. The van der Waals surface area contributed by atoms with E-state index >= 15 is 0 Å². The Labute approximate surface area is 165 Å². The molecule has 1 aliphatic rings. The molecule has 8 heteroatoms. The number of nitrogens with zero attached hydrogens (tertiary/aromatic N) is 2. The van der Waals surface area contributed by atoms with Crippen molar-refractivity contribution in [2.45, 2.75) is 45.3 Å². The summed E-state index contributed by atoms with van der Waals surface area (Å²) < 4.78 is 11.2. The number of hydrogen-bond acceptors (Lipinski definition) is 5. The molecule has 24 heavy (non-hydrogen) atoms. The van der Waals surface area contributed by atoms with Gasteiger partial charge in [-0.2, -0.15) is 0 Å². The fourth-order valence-corrected chi connectivity index (χ4v) is 3.15. The number of thiazole rings is 1. The van der Waals surface area contributed by atoms with Crippen LogP contribution in [0.3, 0.4) is 0 Å². The molecule has 1 aliphatic heterocycles. The van der Waals surface area contributed by atoms with E-state index in [1.165, 1.54) is 4.88 Å². The van der Waals surface area contributed by atoms with Crippen molar-refractivity contribution in [3.63, 3.8) is 0 Å². The van der Waals surface area contributed by atoms with Gasteiger partial charge >= 0.3 is 0 Å². The minimum Gasteiger partial charge on any atom is -0.379 e. The standard InChI is InChI=1S/C16H28N4O2S.HI/c1-3-14-10-19-15(23-14)11-20-16(17-2)18-7-5-8-21-12-13-6-4-9-22-13;/h10,13H,3-9,11-12H2,1-2H3,(H2,17,18,20);1H. The van der Waals surface area contributed by atoms with Gasteiger partial charge in [0.25, 0.3) is 0 Å². The second-order valence-electron chi connectivity index (χ2n) is 5.49. The van der Waals surface area contributed by atoms with E-state index in [1.54, 1.807) is 18.4 Å². The molecule has 0 aromatic carbocycles. The lowest BCUT2D eigenvalue weighted by Gasteiger charge is -2.12. The van der Waals surface area contributed by atoms with Crippen LogP contribution in [-0.2, 0) is 22.4 Å². The summed E-state index contributed by atoms with van der Waals surface area (Å²) in [6, 6.07) is 0. The second-order valence-corrected chi connectivity index (χ2v) is 6.69. The van der Waals surface area contributed by atoms with Gasteiger partial charge in [-0.05, 0) is 25.7 Å². The third-order valence-electron chi connectivity index (χ3n) is 3.67. The van der Waals surface area contributed by atoms with E-state index in [-0.39, 0.29) is 24.0 Å². The van der Waals surface area contributed by atoms with Crippen LogP contribution in [0.2, 0.25) is 0 Å². The van der Waals surface area contributed by atoms with Crippen molar-refractivity contribution in [1.82, 2.24) is 15.6 Å². The molecule has 2 heterocycles. The Hall–Kier alpha value is -0.450. The summed E-state index contributed by atoms with van der Waals surface area (Å²) in [7, 11) is 1.78. The summed E-state index contributed by atoms with van der Waals surface area (Å²) in [4.78, 5) is 9.93. The number of ether oxygens (including phenoxy) is 2. The van der Waals surface area contributed by atoms with Gasteiger partial charge in [-0.15, -0.1) is 35.3 Å². The number of rotatable bonds is 9. The Balaban J connectivity index is 0.00000288. The minimum atomic E-state index is 0. The van der Waals surface area contributed by atoms with Crippen molar-refractivity contribution in [1.29, 1.82) is 0 Å². The van der Waals surface area contributed by atoms with Gasteiger partial charge in [0, 0.05) is 37.9 Å². The zero-order valence-corrected chi connectivity index (χ0v) is 17.7. The van der Waals surface area contributed by atoms with Gasteiger partial charge < -0.3 is 20.1 Å². The van der Waals surface area contributed by atoms with E-state index in [2.05, 4.69) is 27.5 Å². The van der Waals surface area contributed by atoms with Crippen LogP contribution in [-0.4, -0.2) is 50.5 Å². The van der Waals surface area contributed by atoms with Crippen LogP contribution in [0.15, 0.2) is 11.2 Å². The SMILES string of the molecule is CCc1cnc(CNC(=NC)NCCCOCC2CCCO2)s1.I. The number of aryl methyl sites for hydroxylation is 1. The largest absolute Gasteiger partial charge is 0.379 e. The predicted molar refractivity (Wildman–Crippen MR) is 110 cm³/mol. The van der Waals surface area contributed by atoms with Gasteiger partial charge in [0.05, 0.1) is 19.3 Å². The zero-order chi connectivity index (χ0) is 16.3. The fourth-order valence-electron chi connectivity index (χ4n) is 2.34. The van der Waals surface area contributed by atoms with E-state index in [0.29, 0.717) is 12.6 Å². The maximum Gasteiger partial charge on any atom is 0.191 e. The quantitative estimate of drug-likeness (QED) is 0.253. The molecule has 1 unspecified atom stereocenters. The molecule has 0 saturated carbocycles. The summed E-state index contributed by atoms with van der Waals surface area (Å²) in [6.45, 7) is 6.04. The van der Waals surface area contributed by atoms with E-state index in [1.807, 2.05) is 6.20 Å². The summed E-state index contributed by atoms with van der Waals surface area (Å²) in [6.07, 6.45) is 6.54. The van der Waals surface area contributed by atoms with Gasteiger partial charge in [0.15, 0.2) is 5.96 Å². The van der Waals surface area contributed by atoms with Crippen LogP contribution < -0.4 is 10.6 Å². The summed E-state index contributed by atoms with van der Waals surface area (Å²) >= 11 is 1.74. The summed E-state index contributed by atoms with van der Waals surface area (Å²) in [5.74, 6) is 0.803. The van der Waals surface area contributed by atoms with Crippen LogP contribution in [0.1, 0.15) is 36.1 Å². The molecule has 2 N–H and O–H groups in total. The first-order valence-electron chi connectivity index (χ1n) is 8.39. The molecule has 1 atom stereocenters. The van der Waals surface area contributed by atoms with Crippen molar-refractivity contribution in [2.24, 2.45) is 4.99 Å². The van der Waals surface area contributed by atoms with Gasteiger partial charge in [-0.1, -0.05) is 6.92 Å². The Bertz CT molecular complexity index is 478. The molecule has 0 aliphatic carbocycles. The maximum absolute atomic E-state index is 5.64. The normalized spacial score (nSPS) is 17.6. The molecule has 1 fully saturated rings. The first-order chi connectivity index (χ1) is 11.3. The van der Waals surface area contributed by atoms with Gasteiger partial charge in [0.1, 0.15) is 5.01 Å². The van der Waals surface area contributed by atoms with Crippen molar-refractivity contribution in [2.75, 3.05) is 33.4 Å². The van der Waals surface area contributed by atoms with Gasteiger partial charge in [0.2, 0.25) is 0 Å². The number of halogens is 1. The fraction of sp³-hybridized carbons (Fsp3) is 0.750. The number of aliphatic imine (C=N–C) groups is 1. The topological polar surface area (TPSA) is 67.8 Å². The first kappa shape index (κ1) is 21.6. The Kier molecular flexibility index (Phi) is 11.6. The highest BCUT2D eigenvalue weighted by Crippen LogP contribution is 2.13. The number of nitrogens with one attached hydrogen (secondary N) is 2. The number of guanidine groups is 1. The molecular formula is C16H29IN4O2S. The first-order valence-corrected chi connectivity index (χ1v) is 9.21. The van der Waals surface area contributed by atoms with Crippen LogP contribution in [0.4, 0.5) is 0 Å². The summed E-state index contributed by atoms with van der Waals surface area (Å²) in [5.41, 5.74) is 0. The molecule has 1 aromatic heterocycles. The van der Waals surface area contributed by atoms with Gasteiger partial charge in [-0.3, -0.25) is 4.99 Å². The minimum absolute atomic E-state index is 0. The Morgan fingerprint density at radius 3 is 3.04 bits per heavy atom. The smallest absolute Gasteiger partial charge is 0.191 e. The highest BCUT2D eigenvalue weighted by molar-refractivity contribution is 14.0. The summed E-state index contributed by atoms with van der Waals surface area (Å²) in [5, 5.41) is 7.67. The van der Waals surface area contributed by atoms with E-state index in [0.717, 1.165) is 63.0 Å². The molecule has 6 nitrogen and oxygen atoms in total. The third-order valence-corrected chi connectivity index (χ3v) is 4.81. The number of aromatic nitrogens is 1. The molecule has 1 aromatic rings. The van der Waals surface area contributed by atoms with Crippen LogP contribution >= 0.6 is 35.3 Å². The third kappa shape index (κ3) is 8.09. The van der Waals surface area contributed by atoms with Crippen molar-refractivity contribution in [3.8, 4) is 0 Å². The molecule has 0 spiro atoms. The van der Waals surface area contributed by atoms with Crippen LogP contribution in [0, 0.1) is 0 Å². The van der Waals surface area contributed by atoms with E-state index < -0.39 is 0 Å². The highest BCUT2D eigenvalue weighted by atomic mass is 127.